The van der Waals surface area contributed by atoms with Crippen molar-refractivity contribution < 1.29 is 46.1 Å². The molecular formula is C24H25F3N3O8PS. The Morgan fingerprint density at radius 3 is 2.00 bits per heavy atom. The molecule has 1 saturated heterocycles. The van der Waals surface area contributed by atoms with Crippen LogP contribution in [0.3, 0.4) is 0 Å². The summed E-state index contributed by atoms with van der Waals surface area (Å²) >= 11 is 5.51. The summed E-state index contributed by atoms with van der Waals surface area (Å²) in [5.41, 5.74) is 1.42. The molecule has 0 radical (unpaired) electrons. The van der Waals surface area contributed by atoms with E-state index < -0.39 is 49.5 Å². The van der Waals surface area contributed by atoms with Gasteiger partial charge in [0.1, 0.15) is 34.9 Å². The SMILES string of the molecule is COc1ccc(OP(=S)(OC[C@@]2(C(F)F)O[C@@H](n3ccc(N)nc3=O)[C@H](F)[C@@H]2O)Oc2ccc(OC)cc2)cc1. The maximum atomic E-state index is 15.2. The Kier molecular flexibility index (Phi) is 8.90. The van der Waals surface area contributed by atoms with Gasteiger partial charge < -0.3 is 34.1 Å². The first-order valence-corrected chi connectivity index (χ1v) is 14.1. The van der Waals surface area contributed by atoms with E-state index >= 15 is 4.39 Å². The van der Waals surface area contributed by atoms with Gasteiger partial charge in [-0.05, 0) is 54.6 Å². The molecule has 11 nitrogen and oxygen atoms in total. The first kappa shape index (κ1) is 29.6. The zero-order valence-electron chi connectivity index (χ0n) is 21.1. The Balaban J connectivity index is 1.64. The van der Waals surface area contributed by atoms with Gasteiger partial charge >= 0.3 is 12.4 Å². The molecule has 0 spiro atoms. The van der Waals surface area contributed by atoms with Crippen molar-refractivity contribution in [3.05, 3.63) is 71.3 Å². The largest absolute Gasteiger partial charge is 0.497 e. The number of hydrogen-bond donors (Lipinski definition) is 2. The number of aliphatic hydroxyl groups is 1. The number of aromatic nitrogens is 2. The molecule has 2 aromatic carbocycles. The summed E-state index contributed by atoms with van der Waals surface area (Å²) in [6.45, 7) is -5.15. The minimum atomic E-state index is -3.99. The third kappa shape index (κ3) is 6.18. The molecule has 216 valence electrons. The lowest BCUT2D eigenvalue weighted by molar-refractivity contribution is -0.192. The number of ether oxygens (including phenoxy) is 3. The van der Waals surface area contributed by atoms with E-state index in [1.165, 1.54) is 38.5 Å². The number of rotatable bonds is 11. The fraction of sp³-hybridized carbons (Fsp3) is 0.333. The molecule has 0 bridgehead atoms. The lowest BCUT2D eigenvalue weighted by atomic mass is 9.97. The van der Waals surface area contributed by atoms with Crippen molar-refractivity contribution in [1.82, 2.24) is 9.55 Å². The van der Waals surface area contributed by atoms with E-state index in [4.69, 9.17) is 45.3 Å². The second kappa shape index (κ2) is 12.0. The van der Waals surface area contributed by atoms with Crippen molar-refractivity contribution in [3.8, 4) is 23.0 Å². The Hall–Kier alpha value is -3.36. The Morgan fingerprint density at radius 1 is 1.05 bits per heavy atom. The molecule has 0 aliphatic carbocycles. The van der Waals surface area contributed by atoms with Crippen LogP contribution in [-0.2, 0) is 21.1 Å². The predicted octanol–water partition coefficient (Wildman–Crippen LogP) is 3.47. The van der Waals surface area contributed by atoms with Gasteiger partial charge in [-0.2, -0.15) is 4.98 Å². The predicted molar refractivity (Wildman–Crippen MR) is 140 cm³/mol. The van der Waals surface area contributed by atoms with Gasteiger partial charge in [-0.15, -0.1) is 0 Å². The molecule has 3 aromatic rings. The number of nitrogens with zero attached hydrogens (tertiary/aromatic N) is 2. The van der Waals surface area contributed by atoms with Crippen molar-refractivity contribution in [2.75, 3.05) is 26.6 Å². The summed E-state index contributed by atoms with van der Waals surface area (Å²) in [7, 11) is 2.93. The van der Waals surface area contributed by atoms with Crippen LogP contribution in [0.5, 0.6) is 23.0 Å². The molecule has 16 heteroatoms. The van der Waals surface area contributed by atoms with E-state index in [1.807, 2.05) is 0 Å². The number of methoxy groups -OCH3 is 2. The molecule has 4 rings (SSSR count). The molecule has 1 aromatic heterocycles. The average molecular weight is 604 g/mol. The van der Waals surface area contributed by atoms with Gasteiger partial charge in [0.25, 0.3) is 6.43 Å². The van der Waals surface area contributed by atoms with E-state index in [0.29, 0.717) is 16.1 Å². The molecule has 1 fully saturated rings. The number of nitrogen functional groups attached to an aromatic ring is 1. The highest BCUT2D eigenvalue weighted by Gasteiger charge is 2.62. The maximum Gasteiger partial charge on any atom is 0.435 e. The van der Waals surface area contributed by atoms with Crippen LogP contribution in [0, 0.1) is 0 Å². The standard InChI is InChI=1S/C24H25F3N3O8PS/c1-33-14-3-7-16(8-4-14)37-39(40,38-17-9-5-15(34-2)6-10-17)35-13-24(22(26)27)20(31)19(25)21(36-24)30-12-11-18(28)29-23(30)32/h3-12,19-22,31H,13H2,1-2H3,(H2,28,29,32)/t19-,20+,21-,24-/m1/s1. The van der Waals surface area contributed by atoms with Gasteiger partial charge in [-0.25, -0.2) is 18.0 Å². The highest BCUT2D eigenvalue weighted by Crippen LogP contribution is 2.53. The first-order valence-electron chi connectivity index (χ1n) is 11.5. The molecular weight excluding hydrogens is 578 g/mol. The second-order valence-electron chi connectivity index (χ2n) is 8.45. The number of benzene rings is 2. The van der Waals surface area contributed by atoms with Crippen LogP contribution in [-0.4, -0.2) is 59.8 Å². The monoisotopic (exact) mass is 603 g/mol. The van der Waals surface area contributed by atoms with Gasteiger partial charge in [0.2, 0.25) is 0 Å². The summed E-state index contributed by atoms with van der Waals surface area (Å²) < 4.78 is 77.5. The van der Waals surface area contributed by atoms with Crippen LogP contribution < -0.4 is 29.9 Å². The van der Waals surface area contributed by atoms with Crippen molar-refractivity contribution in [2.45, 2.75) is 30.5 Å². The van der Waals surface area contributed by atoms with Crippen molar-refractivity contribution in [3.63, 3.8) is 0 Å². The van der Waals surface area contributed by atoms with E-state index in [0.717, 1.165) is 12.3 Å². The van der Waals surface area contributed by atoms with Crippen LogP contribution >= 0.6 is 6.72 Å². The van der Waals surface area contributed by atoms with Crippen LogP contribution in [0.2, 0.25) is 0 Å². The van der Waals surface area contributed by atoms with E-state index in [2.05, 4.69) is 4.98 Å². The summed E-state index contributed by atoms with van der Waals surface area (Å²) in [5.74, 6) is 1.13. The second-order valence-corrected chi connectivity index (χ2v) is 11.3. The molecule has 4 atom stereocenters. The summed E-state index contributed by atoms with van der Waals surface area (Å²) in [6, 6.07) is 13.3. The van der Waals surface area contributed by atoms with Crippen LogP contribution in [0.1, 0.15) is 6.23 Å². The average Bonchev–Trinajstić information content (AvgIpc) is 3.19. The van der Waals surface area contributed by atoms with Crippen LogP contribution in [0.15, 0.2) is 65.6 Å². The Bertz CT molecular complexity index is 1360. The van der Waals surface area contributed by atoms with Crippen molar-refractivity contribution in [1.29, 1.82) is 0 Å². The van der Waals surface area contributed by atoms with E-state index in [9.17, 15) is 18.7 Å². The molecule has 3 N–H and O–H groups in total. The first-order chi connectivity index (χ1) is 19.0. The quantitative estimate of drug-likeness (QED) is 0.312. The van der Waals surface area contributed by atoms with Gasteiger partial charge in [-0.3, -0.25) is 9.09 Å². The Morgan fingerprint density at radius 2 is 1.55 bits per heavy atom. The highest BCUT2D eigenvalue weighted by molar-refractivity contribution is 8.07. The third-order valence-electron chi connectivity index (χ3n) is 5.91. The smallest absolute Gasteiger partial charge is 0.435 e. The zero-order chi connectivity index (χ0) is 29.1. The zero-order valence-corrected chi connectivity index (χ0v) is 22.8. The van der Waals surface area contributed by atoms with Crippen molar-refractivity contribution >= 4 is 24.3 Å². The number of nitrogens with two attached hydrogens (primary N) is 1. The number of aliphatic hydroxyl groups excluding tert-OH is 1. The molecule has 1 aliphatic heterocycles. The topological polar surface area (TPSA) is 137 Å². The highest BCUT2D eigenvalue weighted by atomic mass is 32.5. The molecule has 40 heavy (non-hydrogen) atoms. The fourth-order valence-electron chi connectivity index (χ4n) is 3.76. The molecule has 2 heterocycles. The summed E-state index contributed by atoms with van der Waals surface area (Å²) in [6.07, 6.45) is -9.35. The summed E-state index contributed by atoms with van der Waals surface area (Å²) in [4.78, 5) is 15.7. The van der Waals surface area contributed by atoms with Gasteiger partial charge in [-0.1, -0.05) is 0 Å². The van der Waals surface area contributed by atoms with Gasteiger partial charge in [0, 0.05) is 18.0 Å². The Labute approximate surface area is 231 Å². The number of anilines is 1. The number of hydrogen-bond acceptors (Lipinski definition) is 11. The lowest BCUT2D eigenvalue weighted by Gasteiger charge is -2.32. The number of halogens is 3. The maximum absolute atomic E-state index is 15.2. The lowest BCUT2D eigenvalue weighted by Crippen LogP contribution is -2.52. The third-order valence-corrected chi connectivity index (χ3v) is 7.99. The van der Waals surface area contributed by atoms with Gasteiger partial charge in [0.05, 0.1) is 20.8 Å². The van der Waals surface area contributed by atoms with E-state index in [-0.39, 0.29) is 17.3 Å². The van der Waals surface area contributed by atoms with E-state index in [1.54, 1.807) is 24.3 Å². The summed E-state index contributed by atoms with van der Waals surface area (Å²) in [5, 5.41) is 10.6. The van der Waals surface area contributed by atoms with Crippen LogP contribution in [0.4, 0.5) is 19.0 Å². The molecule has 1 aliphatic rings. The van der Waals surface area contributed by atoms with Gasteiger partial charge in [0.15, 0.2) is 18.0 Å². The fourth-order valence-corrected chi connectivity index (χ4v) is 5.70. The molecule has 0 amide bonds. The molecule has 0 saturated carbocycles. The van der Waals surface area contributed by atoms with Crippen molar-refractivity contribution in [2.24, 2.45) is 0 Å². The minimum Gasteiger partial charge on any atom is -0.497 e. The molecule has 0 unspecified atom stereocenters. The van der Waals surface area contributed by atoms with Crippen LogP contribution in [0.25, 0.3) is 0 Å². The number of alkyl halides is 3. The minimum absolute atomic E-state index is 0.150. The normalized spacial score (nSPS) is 22.7.